The predicted octanol–water partition coefficient (Wildman–Crippen LogP) is 0.674. The number of rotatable bonds is 5. The fourth-order valence-corrected chi connectivity index (χ4v) is 2.05. The Morgan fingerprint density at radius 2 is 2.25 bits per heavy atom. The summed E-state index contributed by atoms with van der Waals surface area (Å²) in [6.45, 7) is 0. The molecule has 0 spiro atoms. The second-order valence-corrected chi connectivity index (χ2v) is 6.20. The molecule has 1 aromatic rings. The summed E-state index contributed by atoms with van der Waals surface area (Å²) in [5, 5.41) is 0.391. The summed E-state index contributed by atoms with van der Waals surface area (Å²) in [5.74, 6) is 5.44. The Morgan fingerprint density at radius 3 is 2.69 bits per heavy atom. The number of hydrogen-bond acceptors (Lipinski definition) is 5. The van der Waals surface area contributed by atoms with E-state index in [1.165, 1.54) is 6.26 Å². The van der Waals surface area contributed by atoms with E-state index in [9.17, 15) is 8.42 Å². The summed E-state index contributed by atoms with van der Waals surface area (Å²) in [4.78, 5) is 3.91. The zero-order valence-electron chi connectivity index (χ0n) is 8.85. The summed E-state index contributed by atoms with van der Waals surface area (Å²) in [6, 6.07) is 3.17. The van der Waals surface area contributed by atoms with Gasteiger partial charge in [0.05, 0.1) is 5.75 Å². The minimum absolute atomic E-state index is 0.0739. The van der Waals surface area contributed by atoms with Gasteiger partial charge in [-0.15, -0.1) is 0 Å². The highest BCUT2D eigenvalue weighted by molar-refractivity contribution is 7.90. The monoisotopic (exact) mass is 263 g/mol. The van der Waals surface area contributed by atoms with Crippen LogP contribution in [-0.4, -0.2) is 25.4 Å². The molecule has 0 amide bonds. The van der Waals surface area contributed by atoms with Gasteiger partial charge in [-0.2, -0.15) is 0 Å². The molecule has 0 saturated heterocycles. The van der Waals surface area contributed by atoms with E-state index in [0.29, 0.717) is 11.6 Å². The van der Waals surface area contributed by atoms with Crippen LogP contribution in [0.3, 0.4) is 0 Å². The molecule has 0 aliphatic heterocycles. The van der Waals surface area contributed by atoms with Crippen molar-refractivity contribution in [2.45, 2.75) is 12.5 Å². The quantitative estimate of drug-likeness (QED) is 0.463. The van der Waals surface area contributed by atoms with Crippen LogP contribution in [0.4, 0.5) is 0 Å². The molecule has 0 bridgehead atoms. The van der Waals surface area contributed by atoms with Crippen molar-refractivity contribution < 1.29 is 8.42 Å². The van der Waals surface area contributed by atoms with Gasteiger partial charge in [-0.05, 0) is 18.1 Å². The summed E-state index contributed by atoms with van der Waals surface area (Å²) in [5.41, 5.74) is 3.38. The van der Waals surface area contributed by atoms with Crippen LogP contribution in [0.2, 0.25) is 5.15 Å². The van der Waals surface area contributed by atoms with Crippen LogP contribution in [-0.2, 0) is 9.84 Å². The lowest BCUT2D eigenvalue weighted by atomic mass is 10.1. The molecule has 5 nitrogen and oxygen atoms in total. The molecule has 0 fully saturated rings. The van der Waals surface area contributed by atoms with Crippen molar-refractivity contribution in [2.75, 3.05) is 12.0 Å². The Balaban J connectivity index is 2.71. The third-order valence-electron chi connectivity index (χ3n) is 2.13. The number of nitrogens with zero attached hydrogens (tertiary/aromatic N) is 1. The highest BCUT2D eigenvalue weighted by Crippen LogP contribution is 2.17. The third-order valence-corrected chi connectivity index (χ3v) is 3.33. The van der Waals surface area contributed by atoms with E-state index in [1.807, 2.05) is 0 Å². The van der Waals surface area contributed by atoms with Gasteiger partial charge in [0, 0.05) is 18.5 Å². The van der Waals surface area contributed by atoms with E-state index in [2.05, 4.69) is 10.4 Å². The lowest BCUT2D eigenvalue weighted by molar-refractivity contribution is 0.530. The number of halogens is 1. The SMILES string of the molecule is CS(=O)(=O)CCC(NN)c1ccc(Cl)nc1. The topological polar surface area (TPSA) is 85.1 Å². The number of aromatic nitrogens is 1. The van der Waals surface area contributed by atoms with Crippen LogP contribution in [0.25, 0.3) is 0 Å². The van der Waals surface area contributed by atoms with Crippen LogP contribution in [0.5, 0.6) is 0 Å². The summed E-state index contributed by atoms with van der Waals surface area (Å²) in [7, 11) is -2.99. The number of hydrogen-bond donors (Lipinski definition) is 2. The fraction of sp³-hybridized carbons (Fsp3) is 0.444. The van der Waals surface area contributed by atoms with Crippen LogP contribution < -0.4 is 11.3 Å². The van der Waals surface area contributed by atoms with Gasteiger partial charge in [-0.1, -0.05) is 17.7 Å². The number of hydrazine groups is 1. The lowest BCUT2D eigenvalue weighted by Gasteiger charge is -2.15. The van der Waals surface area contributed by atoms with E-state index >= 15 is 0 Å². The zero-order chi connectivity index (χ0) is 12.2. The van der Waals surface area contributed by atoms with Gasteiger partial charge in [0.15, 0.2) is 0 Å². The Kier molecular flexibility index (Phi) is 4.67. The molecule has 16 heavy (non-hydrogen) atoms. The Bertz CT molecular complexity index is 433. The molecule has 1 heterocycles. The number of pyridine rings is 1. The molecular formula is C9H14ClN3O2S. The maximum Gasteiger partial charge on any atom is 0.147 e. The largest absolute Gasteiger partial charge is 0.271 e. The maximum atomic E-state index is 11.0. The number of sulfone groups is 1. The Morgan fingerprint density at radius 1 is 1.56 bits per heavy atom. The standard InChI is InChI=1S/C9H14ClN3O2S/c1-16(14,15)5-4-8(13-11)7-2-3-9(10)12-6-7/h2-3,6,8,13H,4-5,11H2,1H3. The second kappa shape index (κ2) is 5.58. The predicted molar refractivity (Wildman–Crippen MR) is 63.6 cm³/mol. The molecule has 1 unspecified atom stereocenters. The second-order valence-electron chi connectivity index (χ2n) is 3.55. The summed E-state index contributed by atoms with van der Waals surface area (Å²) in [6.07, 6.45) is 3.18. The van der Waals surface area contributed by atoms with Crippen LogP contribution in [0, 0.1) is 0 Å². The van der Waals surface area contributed by atoms with Crippen molar-refractivity contribution in [1.29, 1.82) is 0 Å². The molecule has 0 aliphatic rings. The molecule has 0 aliphatic carbocycles. The molecule has 0 aromatic carbocycles. The van der Waals surface area contributed by atoms with E-state index < -0.39 is 9.84 Å². The van der Waals surface area contributed by atoms with E-state index in [4.69, 9.17) is 17.4 Å². The minimum Gasteiger partial charge on any atom is -0.271 e. The van der Waals surface area contributed by atoms with Crippen LogP contribution in [0.1, 0.15) is 18.0 Å². The number of nitrogens with two attached hydrogens (primary N) is 1. The molecule has 0 radical (unpaired) electrons. The first-order chi connectivity index (χ1) is 7.42. The Hall–Kier alpha value is -0.690. The van der Waals surface area contributed by atoms with E-state index in [0.717, 1.165) is 5.56 Å². The van der Waals surface area contributed by atoms with Gasteiger partial charge in [-0.25, -0.2) is 13.4 Å². The highest BCUT2D eigenvalue weighted by Gasteiger charge is 2.13. The van der Waals surface area contributed by atoms with Crippen molar-refractivity contribution in [3.63, 3.8) is 0 Å². The van der Waals surface area contributed by atoms with Crippen molar-refractivity contribution in [1.82, 2.24) is 10.4 Å². The molecule has 3 N–H and O–H groups in total. The highest BCUT2D eigenvalue weighted by atomic mass is 35.5. The first kappa shape index (κ1) is 13.4. The van der Waals surface area contributed by atoms with Gasteiger partial charge in [0.2, 0.25) is 0 Å². The molecule has 1 atom stereocenters. The summed E-state index contributed by atoms with van der Waals surface area (Å²) < 4.78 is 22.1. The molecule has 90 valence electrons. The molecule has 7 heteroatoms. The smallest absolute Gasteiger partial charge is 0.147 e. The van der Waals surface area contributed by atoms with Crippen molar-refractivity contribution in [3.8, 4) is 0 Å². The first-order valence-corrected chi connectivity index (χ1v) is 7.11. The molecular weight excluding hydrogens is 250 g/mol. The van der Waals surface area contributed by atoms with Crippen molar-refractivity contribution >= 4 is 21.4 Å². The molecule has 0 saturated carbocycles. The van der Waals surface area contributed by atoms with Gasteiger partial charge in [-0.3, -0.25) is 11.3 Å². The van der Waals surface area contributed by atoms with Gasteiger partial charge < -0.3 is 0 Å². The average molecular weight is 264 g/mol. The van der Waals surface area contributed by atoms with Crippen molar-refractivity contribution in [2.24, 2.45) is 5.84 Å². The lowest BCUT2D eigenvalue weighted by Crippen LogP contribution is -2.29. The van der Waals surface area contributed by atoms with Gasteiger partial charge in [0.25, 0.3) is 0 Å². The van der Waals surface area contributed by atoms with Crippen molar-refractivity contribution in [3.05, 3.63) is 29.0 Å². The zero-order valence-corrected chi connectivity index (χ0v) is 10.4. The minimum atomic E-state index is -2.99. The summed E-state index contributed by atoms with van der Waals surface area (Å²) >= 11 is 5.65. The van der Waals surface area contributed by atoms with Crippen LogP contribution >= 0.6 is 11.6 Å². The average Bonchev–Trinajstić information content (AvgIpc) is 2.20. The first-order valence-electron chi connectivity index (χ1n) is 4.67. The third kappa shape index (κ3) is 4.44. The molecule has 1 aromatic heterocycles. The number of nitrogens with one attached hydrogen (secondary N) is 1. The van der Waals surface area contributed by atoms with E-state index in [-0.39, 0.29) is 11.8 Å². The van der Waals surface area contributed by atoms with E-state index in [1.54, 1.807) is 18.3 Å². The Labute approximate surface area is 99.9 Å². The van der Waals surface area contributed by atoms with Crippen LogP contribution in [0.15, 0.2) is 18.3 Å². The fourth-order valence-electron chi connectivity index (χ4n) is 1.27. The molecule has 1 rings (SSSR count). The van der Waals surface area contributed by atoms with Gasteiger partial charge >= 0.3 is 0 Å². The maximum absolute atomic E-state index is 11.0. The van der Waals surface area contributed by atoms with Gasteiger partial charge in [0.1, 0.15) is 15.0 Å². The normalized spacial score (nSPS) is 13.7.